The van der Waals surface area contributed by atoms with Gasteiger partial charge in [-0.3, -0.25) is 9.59 Å². The number of aromatic hydroxyl groups is 1. The minimum atomic E-state index is -0.660. The van der Waals surface area contributed by atoms with Gasteiger partial charge in [0.1, 0.15) is 6.04 Å². The maximum atomic E-state index is 13.3. The summed E-state index contributed by atoms with van der Waals surface area (Å²) in [6, 6.07) is 11.7. The summed E-state index contributed by atoms with van der Waals surface area (Å²) in [6.45, 7) is 0.241. The molecule has 1 atom stereocenters. The van der Waals surface area contributed by atoms with Crippen LogP contribution in [0.25, 0.3) is 11.5 Å². The van der Waals surface area contributed by atoms with Crippen molar-refractivity contribution in [1.82, 2.24) is 20.8 Å². The van der Waals surface area contributed by atoms with Crippen LogP contribution in [0, 0.1) is 5.92 Å². The van der Waals surface area contributed by atoms with Gasteiger partial charge in [0.05, 0.1) is 20.6 Å². The number of aromatic nitrogens is 2. The molecule has 1 aliphatic rings. The maximum Gasteiger partial charge on any atom is 0.412 e. The summed E-state index contributed by atoms with van der Waals surface area (Å²) in [7, 11) is 3.07. The zero-order chi connectivity index (χ0) is 29.2. The Balaban J connectivity index is 1.41. The molecule has 12 nitrogen and oxygen atoms in total. The second kappa shape index (κ2) is 14.1. The van der Waals surface area contributed by atoms with Crippen LogP contribution in [0.1, 0.15) is 49.7 Å². The van der Waals surface area contributed by atoms with Crippen molar-refractivity contribution in [3.63, 3.8) is 0 Å². The fraction of sp³-hybridized carbons (Fsp3) is 0.414. The smallest absolute Gasteiger partial charge is 0.412 e. The molecule has 0 radical (unpaired) electrons. The number of amides is 2. The molecule has 0 spiro atoms. The molecule has 5 N–H and O–H groups in total. The third kappa shape index (κ3) is 8.44. The lowest BCUT2D eigenvalue weighted by molar-refractivity contribution is -0.123. The number of rotatable bonds is 11. The molecule has 2 aromatic carbocycles. The van der Waals surface area contributed by atoms with Crippen molar-refractivity contribution < 1.29 is 28.6 Å². The van der Waals surface area contributed by atoms with E-state index in [1.54, 1.807) is 43.5 Å². The monoisotopic (exact) mass is 564 g/mol. The van der Waals surface area contributed by atoms with Gasteiger partial charge in [-0.25, -0.2) is 0 Å². The molecule has 218 valence electrons. The molecule has 1 fully saturated rings. The highest BCUT2D eigenvalue weighted by Crippen LogP contribution is 2.29. The molecule has 3 aromatic rings. The normalized spacial score (nSPS) is 14.7. The van der Waals surface area contributed by atoms with Crippen LogP contribution < -0.4 is 25.8 Å². The van der Waals surface area contributed by atoms with Gasteiger partial charge in [-0.1, -0.05) is 55.4 Å². The minimum absolute atomic E-state index is 0.0103. The largest absolute Gasteiger partial charge is 0.493 e. The predicted molar refractivity (Wildman–Crippen MR) is 151 cm³/mol. The van der Waals surface area contributed by atoms with Gasteiger partial charge in [0.25, 0.3) is 11.8 Å². The number of benzene rings is 2. The van der Waals surface area contributed by atoms with E-state index in [1.165, 1.54) is 13.5 Å². The van der Waals surface area contributed by atoms with Gasteiger partial charge < -0.3 is 35.4 Å². The van der Waals surface area contributed by atoms with E-state index in [2.05, 4.69) is 25.8 Å². The van der Waals surface area contributed by atoms with Crippen molar-refractivity contribution in [3.8, 4) is 29.0 Å². The minimum Gasteiger partial charge on any atom is -0.493 e. The number of guanidine groups is 1. The van der Waals surface area contributed by atoms with Crippen molar-refractivity contribution in [2.45, 2.75) is 57.5 Å². The van der Waals surface area contributed by atoms with Crippen LogP contribution in [0.15, 0.2) is 51.9 Å². The summed E-state index contributed by atoms with van der Waals surface area (Å²) < 4.78 is 15.6. The van der Waals surface area contributed by atoms with E-state index in [-0.39, 0.29) is 30.7 Å². The van der Waals surface area contributed by atoms with Gasteiger partial charge in [-0.05, 0) is 47.7 Å². The van der Waals surface area contributed by atoms with Crippen LogP contribution >= 0.6 is 0 Å². The summed E-state index contributed by atoms with van der Waals surface area (Å²) in [5, 5.41) is 22.5. The van der Waals surface area contributed by atoms with Crippen molar-refractivity contribution in [3.05, 3.63) is 53.6 Å². The van der Waals surface area contributed by atoms with Gasteiger partial charge in [-0.15, -0.1) is 5.10 Å². The highest BCUT2D eigenvalue weighted by atomic mass is 16.5. The van der Waals surface area contributed by atoms with E-state index in [1.807, 2.05) is 6.07 Å². The second-order valence-corrected chi connectivity index (χ2v) is 10.0. The SMILES string of the molecule is COc1ccc(CC(=O)N=C(N)NC(CC2CCCCC2)C(=O)NCc2cccc(-c3nnc(O)o3)c2)cc1OC. The van der Waals surface area contributed by atoms with Gasteiger partial charge in [-0.2, -0.15) is 4.99 Å². The average Bonchev–Trinajstić information content (AvgIpc) is 3.42. The average molecular weight is 565 g/mol. The topological polar surface area (TPSA) is 174 Å². The van der Waals surface area contributed by atoms with E-state index in [0.29, 0.717) is 35.0 Å². The second-order valence-electron chi connectivity index (χ2n) is 10.0. The maximum absolute atomic E-state index is 13.3. The number of carbonyl (C=O) groups excluding carboxylic acids is 2. The fourth-order valence-electron chi connectivity index (χ4n) is 5.00. The first-order valence-electron chi connectivity index (χ1n) is 13.6. The molecule has 4 rings (SSSR count). The predicted octanol–water partition coefficient (Wildman–Crippen LogP) is 3.09. The Hall–Kier alpha value is -4.61. The van der Waals surface area contributed by atoms with E-state index < -0.39 is 18.0 Å². The molecule has 1 saturated carbocycles. The molecule has 41 heavy (non-hydrogen) atoms. The van der Waals surface area contributed by atoms with Crippen molar-refractivity contribution >= 4 is 17.8 Å². The number of ether oxygens (including phenoxy) is 2. The van der Waals surface area contributed by atoms with Crippen molar-refractivity contribution in [2.24, 2.45) is 16.6 Å². The fourth-order valence-corrected chi connectivity index (χ4v) is 5.00. The third-order valence-electron chi connectivity index (χ3n) is 7.04. The van der Waals surface area contributed by atoms with Crippen molar-refractivity contribution in [2.75, 3.05) is 14.2 Å². The Labute approximate surface area is 238 Å². The van der Waals surface area contributed by atoms with Crippen LogP contribution in [-0.2, 0) is 22.6 Å². The summed E-state index contributed by atoms with van der Waals surface area (Å²) in [6.07, 6.45) is 5.61. The summed E-state index contributed by atoms with van der Waals surface area (Å²) in [5.74, 6) is 0.808. The van der Waals surface area contributed by atoms with Gasteiger partial charge in [0.2, 0.25) is 5.91 Å². The lowest BCUT2D eigenvalue weighted by Crippen LogP contribution is -2.50. The first kappa shape index (κ1) is 29.4. The van der Waals surface area contributed by atoms with Gasteiger partial charge in [0.15, 0.2) is 17.5 Å². The first-order valence-corrected chi connectivity index (χ1v) is 13.6. The molecular formula is C29H36N6O6. The molecule has 1 aromatic heterocycles. The lowest BCUT2D eigenvalue weighted by Gasteiger charge is -2.27. The highest BCUT2D eigenvalue weighted by molar-refractivity contribution is 5.95. The van der Waals surface area contributed by atoms with Crippen LogP contribution in [0.3, 0.4) is 0 Å². The van der Waals surface area contributed by atoms with E-state index in [0.717, 1.165) is 31.2 Å². The third-order valence-corrected chi connectivity index (χ3v) is 7.04. The highest BCUT2D eigenvalue weighted by Gasteiger charge is 2.25. The number of nitrogens with two attached hydrogens (primary N) is 1. The van der Waals surface area contributed by atoms with Gasteiger partial charge in [0, 0.05) is 12.1 Å². The number of nitrogens with zero attached hydrogens (tertiary/aromatic N) is 3. The summed E-state index contributed by atoms with van der Waals surface area (Å²) in [4.78, 5) is 30.0. The van der Waals surface area contributed by atoms with Crippen LogP contribution in [0.4, 0.5) is 0 Å². The first-order chi connectivity index (χ1) is 19.8. The lowest BCUT2D eigenvalue weighted by atomic mass is 9.84. The molecule has 0 aliphatic heterocycles. The van der Waals surface area contributed by atoms with Crippen LogP contribution in [0.2, 0.25) is 0 Å². The Morgan fingerprint density at radius 3 is 2.56 bits per heavy atom. The Kier molecular flexibility index (Phi) is 10.1. The zero-order valence-corrected chi connectivity index (χ0v) is 23.3. The van der Waals surface area contributed by atoms with Crippen LogP contribution in [-0.4, -0.2) is 53.3 Å². The number of nitrogens with one attached hydrogen (secondary N) is 2. The number of aliphatic imine (C=N–C) groups is 1. The standard InChI is InChI=1S/C29H36N6O6/c1-39-23-12-11-19(15-24(23)40-2)16-25(36)33-28(30)32-22(14-18-7-4-3-5-8-18)26(37)31-17-20-9-6-10-21(13-20)27-34-35-29(38)41-27/h6,9-13,15,18,22H,3-5,7-8,14,16-17H2,1-2H3,(H,31,37)(H,35,38)(H3,30,32,33,36). The van der Waals surface area contributed by atoms with Gasteiger partial charge >= 0.3 is 6.08 Å². The molecule has 1 heterocycles. The van der Waals surface area contributed by atoms with Crippen molar-refractivity contribution in [1.29, 1.82) is 0 Å². The van der Waals surface area contributed by atoms with Crippen LogP contribution in [0.5, 0.6) is 17.6 Å². The molecule has 1 unspecified atom stereocenters. The molecule has 1 aliphatic carbocycles. The number of carbonyl (C=O) groups is 2. The quantitative estimate of drug-likeness (QED) is 0.200. The van der Waals surface area contributed by atoms with E-state index in [9.17, 15) is 14.7 Å². The number of methoxy groups -OCH3 is 2. The van der Waals surface area contributed by atoms with E-state index >= 15 is 0 Å². The molecule has 0 saturated heterocycles. The molecule has 0 bridgehead atoms. The Bertz CT molecular complexity index is 1370. The number of hydrogen-bond donors (Lipinski definition) is 4. The molecule has 2 amide bonds. The van der Waals surface area contributed by atoms with E-state index in [4.69, 9.17) is 19.6 Å². The number of hydrogen-bond acceptors (Lipinski definition) is 8. The summed E-state index contributed by atoms with van der Waals surface area (Å²) in [5.41, 5.74) is 8.23. The molecule has 12 heteroatoms. The zero-order valence-electron chi connectivity index (χ0n) is 23.3. The molecular weight excluding hydrogens is 528 g/mol. The Morgan fingerprint density at radius 2 is 1.85 bits per heavy atom. The summed E-state index contributed by atoms with van der Waals surface area (Å²) >= 11 is 0. The Morgan fingerprint density at radius 1 is 1.07 bits per heavy atom.